The molecule has 1 aliphatic carbocycles. The topological polar surface area (TPSA) is 83.3 Å². The second-order valence-corrected chi connectivity index (χ2v) is 9.52. The van der Waals surface area contributed by atoms with Gasteiger partial charge < -0.3 is 19.9 Å². The number of aromatic nitrogens is 3. The quantitative estimate of drug-likeness (QED) is 0.337. The summed E-state index contributed by atoms with van der Waals surface area (Å²) in [7, 11) is 2.01. The molecule has 2 atom stereocenters. The molecule has 4 aromatic rings. The summed E-state index contributed by atoms with van der Waals surface area (Å²) in [5.41, 5.74) is 3.74. The average molecular weight is 490 g/mol. The normalized spacial score (nSPS) is 17.9. The van der Waals surface area contributed by atoms with Crippen LogP contribution in [0.1, 0.15) is 31.2 Å². The predicted molar refractivity (Wildman–Crippen MR) is 139 cm³/mol. The Morgan fingerprint density at radius 1 is 1.17 bits per heavy atom. The zero-order valence-corrected chi connectivity index (χ0v) is 20.3. The highest BCUT2D eigenvalue weighted by Crippen LogP contribution is 2.33. The number of nitrogens with one attached hydrogen (secondary N) is 1. The Balaban J connectivity index is 1.35. The summed E-state index contributed by atoms with van der Waals surface area (Å²) in [5.74, 6) is 0.507. The molecule has 2 heterocycles. The van der Waals surface area contributed by atoms with E-state index < -0.39 is 6.09 Å². The molecule has 0 radical (unpaired) electrons. The highest BCUT2D eigenvalue weighted by atomic mass is 35.5. The van der Waals surface area contributed by atoms with Gasteiger partial charge in [-0.05, 0) is 43.4 Å². The van der Waals surface area contributed by atoms with E-state index in [1.165, 1.54) is 0 Å². The molecule has 1 saturated carbocycles. The molecule has 2 N–H and O–H groups in total. The van der Waals surface area contributed by atoms with Gasteiger partial charge in [0.1, 0.15) is 0 Å². The van der Waals surface area contributed by atoms with Crippen LogP contribution in [0.15, 0.2) is 67.0 Å². The van der Waals surface area contributed by atoms with Crippen molar-refractivity contribution in [1.29, 1.82) is 0 Å². The van der Waals surface area contributed by atoms with Gasteiger partial charge in [0.2, 0.25) is 5.95 Å². The smallest absolute Gasteiger partial charge is 0.407 e. The van der Waals surface area contributed by atoms with Crippen molar-refractivity contribution in [2.45, 2.75) is 44.3 Å². The number of carbonyl (C=O) groups is 1. The highest BCUT2D eigenvalue weighted by Gasteiger charge is 2.30. The maximum atomic E-state index is 12.1. The van der Waals surface area contributed by atoms with Gasteiger partial charge in [0.25, 0.3) is 0 Å². The summed E-state index contributed by atoms with van der Waals surface area (Å²) in [6, 6.07) is 17.9. The van der Waals surface area contributed by atoms with Crippen LogP contribution in [0, 0.1) is 0 Å². The number of anilines is 1. The van der Waals surface area contributed by atoms with Crippen LogP contribution in [-0.4, -0.2) is 42.7 Å². The molecule has 1 fully saturated rings. The van der Waals surface area contributed by atoms with Gasteiger partial charge in [0.05, 0.1) is 16.9 Å². The number of carboxylic acid groups (broad SMARTS) is 1. The standard InChI is InChI=1S/C27H28ClN5O2/c1-32-14-13-21-22(11-6-12-24(21)32)25-23(28)16-29-26(31-25)30-19-9-5-10-20(15-19)33(27(34)35)17-18-7-3-2-4-8-18/h2-4,6-8,11-14,16,19-20H,5,9-10,15,17H2,1H3,(H,34,35)(H,29,30,31)/t19-,20+/m1/s1. The summed E-state index contributed by atoms with van der Waals surface area (Å²) in [4.78, 5) is 22.8. The Morgan fingerprint density at radius 2 is 2.00 bits per heavy atom. The Hall–Kier alpha value is -3.58. The van der Waals surface area contributed by atoms with E-state index in [9.17, 15) is 9.90 Å². The molecule has 5 rings (SSSR count). The van der Waals surface area contributed by atoms with Crippen LogP contribution in [0.2, 0.25) is 5.02 Å². The molecule has 2 aromatic heterocycles. The summed E-state index contributed by atoms with van der Waals surface area (Å²) >= 11 is 6.53. The summed E-state index contributed by atoms with van der Waals surface area (Å²) in [6.45, 7) is 0.385. The second kappa shape index (κ2) is 9.96. The van der Waals surface area contributed by atoms with E-state index >= 15 is 0 Å². The zero-order valence-electron chi connectivity index (χ0n) is 19.6. The number of halogens is 1. The average Bonchev–Trinajstić information content (AvgIpc) is 3.25. The first-order chi connectivity index (χ1) is 17.0. The Bertz CT molecular complexity index is 1340. The number of benzene rings is 2. The van der Waals surface area contributed by atoms with Gasteiger partial charge in [-0.3, -0.25) is 0 Å². The predicted octanol–water partition coefficient (Wildman–Crippen LogP) is 6.19. The van der Waals surface area contributed by atoms with Crippen LogP contribution in [0.25, 0.3) is 22.2 Å². The lowest BCUT2D eigenvalue weighted by molar-refractivity contribution is 0.105. The minimum absolute atomic E-state index is 0.0659. The molecule has 1 aliphatic rings. The highest BCUT2D eigenvalue weighted by molar-refractivity contribution is 6.33. The molecule has 0 unspecified atom stereocenters. The van der Waals surface area contributed by atoms with Gasteiger partial charge in [0.15, 0.2) is 0 Å². The molecule has 180 valence electrons. The fourth-order valence-corrected chi connectivity index (χ4v) is 5.22. The third-order valence-corrected chi connectivity index (χ3v) is 7.07. The van der Waals surface area contributed by atoms with Gasteiger partial charge in [-0.1, -0.05) is 54.1 Å². The third kappa shape index (κ3) is 4.95. The lowest BCUT2D eigenvalue weighted by atomic mass is 9.90. The molecule has 35 heavy (non-hydrogen) atoms. The fourth-order valence-electron chi connectivity index (χ4n) is 5.03. The van der Waals surface area contributed by atoms with Crippen molar-refractivity contribution in [3.05, 3.63) is 77.6 Å². The first-order valence-electron chi connectivity index (χ1n) is 11.9. The van der Waals surface area contributed by atoms with Crippen molar-refractivity contribution in [1.82, 2.24) is 19.4 Å². The van der Waals surface area contributed by atoms with E-state index in [0.29, 0.717) is 29.6 Å². The number of nitrogens with zero attached hydrogens (tertiary/aromatic N) is 4. The van der Waals surface area contributed by atoms with Crippen LogP contribution < -0.4 is 5.32 Å². The number of fused-ring (bicyclic) bond motifs is 1. The molecular weight excluding hydrogens is 462 g/mol. The lowest BCUT2D eigenvalue weighted by Gasteiger charge is -2.36. The van der Waals surface area contributed by atoms with Crippen molar-refractivity contribution in [2.24, 2.45) is 7.05 Å². The minimum atomic E-state index is -0.888. The number of hydrogen-bond acceptors (Lipinski definition) is 4. The molecule has 0 bridgehead atoms. The number of aryl methyl sites for hydroxylation is 1. The molecule has 0 spiro atoms. The minimum Gasteiger partial charge on any atom is -0.465 e. The van der Waals surface area contributed by atoms with E-state index in [4.69, 9.17) is 16.6 Å². The number of hydrogen-bond donors (Lipinski definition) is 2. The molecular formula is C27H28ClN5O2. The van der Waals surface area contributed by atoms with E-state index in [1.807, 2.05) is 55.7 Å². The first-order valence-corrected chi connectivity index (χ1v) is 12.2. The zero-order chi connectivity index (χ0) is 24.4. The SMILES string of the molecule is Cn1ccc2c(-c3nc(N[C@@H]4CCC[C@H](N(Cc5ccccc5)C(=O)O)C4)ncc3Cl)cccc21. The van der Waals surface area contributed by atoms with Gasteiger partial charge in [-0.2, -0.15) is 0 Å². The van der Waals surface area contributed by atoms with Crippen LogP contribution >= 0.6 is 11.6 Å². The maximum absolute atomic E-state index is 12.1. The summed E-state index contributed by atoms with van der Waals surface area (Å²) in [6.07, 6.45) is 6.19. The molecule has 2 aromatic carbocycles. The fraction of sp³-hybridized carbons (Fsp3) is 0.296. The Labute approximate surface area is 209 Å². The number of amides is 1. The van der Waals surface area contributed by atoms with E-state index in [2.05, 4.69) is 27.0 Å². The van der Waals surface area contributed by atoms with Crippen molar-refractivity contribution < 1.29 is 9.90 Å². The molecule has 1 amide bonds. The Morgan fingerprint density at radius 3 is 2.80 bits per heavy atom. The summed E-state index contributed by atoms with van der Waals surface area (Å²) in [5, 5.41) is 14.9. The molecule has 0 saturated heterocycles. The van der Waals surface area contributed by atoms with Crippen molar-refractivity contribution in [3.8, 4) is 11.3 Å². The van der Waals surface area contributed by atoms with E-state index in [0.717, 1.165) is 41.3 Å². The van der Waals surface area contributed by atoms with Crippen molar-refractivity contribution in [2.75, 3.05) is 5.32 Å². The van der Waals surface area contributed by atoms with Crippen LogP contribution in [0.4, 0.5) is 10.7 Å². The molecule has 0 aliphatic heterocycles. The van der Waals surface area contributed by atoms with Gasteiger partial charge in [0, 0.05) is 48.3 Å². The van der Waals surface area contributed by atoms with E-state index in [1.54, 1.807) is 11.1 Å². The molecule has 8 heteroatoms. The maximum Gasteiger partial charge on any atom is 0.407 e. The monoisotopic (exact) mass is 489 g/mol. The van der Waals surface area contributed by atoms with Gasteiger partial charge >= 0.3 is 6.09 Å². The Kier molecular flexibility index (Phi) is 6.59. The van der Waals surface area contributed by atoms with Crippen molar-refractivity contribution in [3.63, 3.8) is 0 Å². The van der Waals surface area contributed by atoms with Crippen molar-refractivity contribution >= 4 is 34.5 Å². The van der Waals surface area contributed by atoms with E-state index in [-0.39, 0.29) is 12.1 Å². The summed E-state index contributed by atoms with van der Waals surface area (Å²) < 4.78 is 2.07. The number of rotatable bonds is 6. The second-order valence-electron chi connectivity index (χ2n) is 9.11. The first kappa shape index (κ1) is 23.2. The van der Waals surface area contributed by atoms with Crippen LogP contribution in [-0.2, 0) is 13.6 Å². The lowest BCUT2D eigenvalue weighted by Crippen LogP contribution is -2.44. The van der Waals surface area contributed by atoms with Gasteiger partial charge in [-0.15, -0.1) is 0 Å². The van der Waals surface area contributed by atoms with Crippen LogP contribution in [0.5, 0.6) is 0 Å². The van der Waals surface area contributed by atoms with Gasteiger partial charge in [-0.25, -0.2) is 14.8 Å². The molecule has 7 nitrogen and oxygen atoms in total. The third-order valence-electron chi connectivity index (χ3n) is 6.79. The largest absolute Gasteiger partial charge is 0.465 e. The van der Waals surface area contributed by atoms with Crippen LogP contribution in [0.3, 0.4) is 0 Å².